The lowest BCUT2D eigenvalue weighted by Crippen LogP contribution is -2.40. The van der Waals surface area contributed by atoms with Crippen molar-refractivity contribution in [2.75, 3.05) is 6.54 Å². The third-order valence-corrected chi connectivity index (χ3v) is 3.83. The zero-order valence-corrected chi connectivity index (χ0v) is 10.5. The van der Waals surface area contributed by atoms with Crippen LogP contribution in [0, 0.1) is 28.6 Å². The van der Waals surface area contributed by atoms with Crippen molar-refractivity contribution in [3.05, 3.63) is 0 Å². The van der Waals surface area contributed by atoms with Crippen LogP contribution in [0.1, 0.15) is 46.5 Å². The molecule has 1 fully saturated rings. The van der Waals surface area contributed by atoms with Crippen LogP contribution >= 0.6 is 0 Å². The summed E-state index contributed by atoms with van der Waals surface area (Å²) in [4.78, 5) is 12.0. The lowest BCUT2D eigenvalue weighted by Gasteiger charge is -2.22. The van der Waals surface area contributed by atoms with Gasteiger partial charge in [-0.15, -0.1) is 0 Å². The molecule has 1 rings (SSSR count). The van der Waals surface area contributed by atoms with Crippen molar-refractivity contribution in [3.8, 4) is 6.07 Å². The lowest BCUT2D eigenvalue weighted by molar-refractivity contribution is -0.128. The maximum absolute atomic E-state index is 12.0. The van der Waals surface area contributed by atoms with Crippen LogP contribution in [0.4, 0.5) is 0 Å². The predicted octanol–water partition coefficient (Wildman–Crippen LogP) is 2.48. The molecule has 0 bridgehead atoms. The first-order valence-electron chi connectivity index (χ1n) is 6.21. The molecule has 3 nitrogen and oxygen atoms in total. The van der Waals surface area contributed by atoms with Gasteiger partial charge in [-0.3, -0.25) is 4.79 Å². The maximum Gasteiger partial charge on any atom is 0.240 e. The molecular formula is C13H22N2O. The summed E-state index contributed by atoms with van der Waals surface area (Å²) in [5.74, 6) is 0.961. The van der Waals surface area contributed by atoms with E-state index in [1.54, 1.807) is 0 Å². The van der Waals surface area contributed by atoms with Crippen molar-refractivity contribution in [1.29, 1.82) is 5.26 Å². The Bertz CT molecular complexity index is 285. The molecule has 3 heteroatoms. The van der Waals surface area contributed by atoms with E-state index < -0.39 is 5.41 Å². The summed E-state index contributed by atoms with van der Waals surface area (Å²) >= 11 is 0. The number of hydrogen-bond acceptors (Lipinski definition) is 2. The third kappa shape index (κ3) is 2.75. The molecule has 0 aromatic heterocycles. The first-order valence-corrected chi connectivity index (χ1v) is 6.21. The maximum atomic E-state index is 12.0. The van der Waals surface area contributed by atoms with Crippen molar-refractivity contribution in [2.24, 2.45) is 17.3 Å². The summed E-state index contributed by atoms with van der Waals surface area (Å²) in [6, 6.07) is 2.22. The van der Waals surface area contributed by atoms with Crippen molar-refractivity contribution < 1.29 is 4.79 Å². The van der Waals surface area contributed by atoms with E-state index in [1.165, 1.54) is 0 Å². The van der Waals surface area contributed by atoms with E-state index in [0.717, 1.165) is 25.7 Å². The molecule has 1 amide bonds. The number of amides is 1. The van der Waals surface area contributed by atoms with E-state index in [9.17, 15) is 4.79 Å². The summed E-state index contributed by atoms with van der Waals surface area (Å²) in [5, 5.41) is 12.1. The van der Waals surface area contributed by atoms with Crippen molar-refractivity contribution >= 4 is 5.91 Å². The van der Waals surface area contributed by atoms with Gasteiger partial charge in [0.25, 0.3) is 0 Å². The number of nitrogens with zero attached hydrogens (tertiary/aromatic N) is 1. The molecule has 1 unspecified atom stereocenters. The molecule has 16 heavy (non-hydrogen) atoms. The Balaban J connectivity index is 2.49. The van der Waals surface area contributed by atoms with Gasteiger partial charge in [0.15, 0.2) is 0 Å². The molecule has 0 radical (unpaired) electrons. The molecule has 0 aliphatic heterocycles. The zero-order chi connectivity index (χ0) is 12.2. The van der Waals surface area contributed by atoms with Gasteiger partial charge in [-0.05, 0) is 24.7 Å². The van der Waals surface area contributed by atoms with Crippen LogP contribution in [0.25, 0.3) is 0 Å². The highest BCUT2D eigenvalue weighted by atomic mass is 16.2. The Labute approximate surface area is 98.2 Å². The van der Waals surface area contributed by atoms with Gasteiger partial charge in [-0.1, -0.05) is 33.6 Å². The summed E-state index contributed by atoms with van der Waals surface area (Å²) in [5.41, 5.74) is -0.725. The molecule has 1 N–H and O–H groups in total. The van der Waals surface area contributed by atoms with Crippen LogP contribution in [0.3, 0.4) is 0 Å². The minimum Gasteiger partial charge on any atom is -0.354 e. The van der Waals surface area contributed by atoms with E-state index >= 15 is 0 Å². The van der Waals surface area contributed by atoms with Gasteiger partial charge in [0, 0.05) is 6.54 Å². The molecule has 90 valence electrons. The van der Waals surface area contributed by atoms with E-state index in [2.05, 4.69) is 32.2 Å². The number of carbonyl (C=O) groups is 1. The van der Waals surface area contributed by atoms with E-state index in [-0.39, 0.29) is 5.91 Å². The van der Waals surface area contributed by atoms with E-state index in [1.807, 2.05) is 0 Å². The quantitative estimate of drug-likeness (QED) is 0.794. The highest BCUT2D eigenvalue weighted by Gasteiger charge is 2.41. The average Bonchev–Trinajstić information content (AvgIpc) is 2.74. The monoisotopic (exact) mass is 222 g/mol. The summed E-state index contributed by atoms with van der Waals surface area (Å²) in [7, 11) is 0. The minimum atomic E-state index is -0.725. The Kier molecular flexibility index (Phi) is 4.35. The SMILES string of the molecule is CC(C)C(C)CNC(=O)C1(C#N)CCCC1. The van der Waals surface area contributed by atoms with Crippen LogP contribution in [0.5, 0.6) is 0 Å². The predicted molar refractivity (Wildman–Crippen MR) is 63.5 cm³/mol. The second kappa shape index (κ2) is 5.34. The minimum absolute atomic E-state index is 0.0556. The van der Waals surface area contributed by atoms with E-state index in [0.29, 0.717) is 18.4 Å². The Morgan fingerprint density at radius 3 is 2.38 bits per heavy atom. The van der Waals surface area contributed by atoms with Gasteiger partial charge in [0.05, 0.1) is 6.07 Å². The molecule has 0 aromatic rings. The third-order valence-electron chi connectivity index (χ3n) is 3.83. The summed E-state index contributed by atoms with van der Waals surface area (Å²) in [6.45, 7) is 7.09. The normalized spacial score (nSPS) is 20.4. The fraction of sp³-hybridized carbons (Fsp3) is 0.846. The average molecular weight is 222 g/mol. The molecule has 1 aliphatic rings. The van der Waals surface area contributed by atoms with Crippen LogP contribution in [0.2, 0.25) is 0 Å². The number of carbonyl (C=O) groups excluding carboxylic acids is 1. The Morgan fingerprint density at radius 2 is 1.94 bits per heavy atom. The number of hydrogen-bond donors (Lipinski definition) is 1. The van der Waals surface area contributed by atoms with Gasteiger partial charge < -0.3 is 5.32 Å². The van der Waals surface area contributed by atoms with Crippen molar-refractivity contribution in [1.82, 2.24) is 5.32 Å². The van der Waals surface area contributed by atoms with Gasteiger partial charge in [0.2, 0.25) is 5.91 Å². The molecule has 1 atom stereocenters. The van der Waals surface area contributed by atoms with Gasteiger partial charge in [-0.2, -0.15) is 5.26 Å². The standard InChI is InChI=1S/C13H22N2O/c1-10(2)11(3)8-15-12(16)13(9-14)6-4-5-7-13/h10-11H,4-8H2,1-3H3,(H,15,16). The first-order chi connectivity index (χ1) is 7.52. The number of nitrogens with one attached hydrogen (secondary N) is 1. The smallest absolute Gasteiger partial charge is 0.240 e. The molecular weight excluding hydrogens is 200 g/mol. The highest BCUT2D eigenvalue weighted by Crippen LogP contribution is 2.37. The molecule has 0 spiro atoms. The van der Waals surface area contributed by atoms with Crippen LogP contribution in [0.15, 0.2) is 0 Å². The first kappa shape index (κ1) is 13.0. The van der Waals surface area contributed by atoms with Crippen LogP contribution in [-0.2, 0) is 4.79 Å². The molecule has 0 saturated heterocycles. The molecule has 1 saturated carbocycles. The van der Waals surface area contributed by atoms with Crippen molar-refractivity contribution in [2.45, 2.75) is 46.5 Å². The Hall–Kier alpha value is -1.04. The number of nitriles is 1. The molecule has 0 heterocycles. The summed E-state index contributed by atoms with van der Waals surface area (Å²) < 4.78 is 0. The fourth-order valence-corrected chi connectivity index (χ4v) is 2.03. The molecule has 0 aromatic carbocycles. The zero-order valence-electron chi connectivity index (χ0n) is 10.5. The second-order valence-corrected chi connectivity index (χ2v) is 5.33. The van der Waals surface area contributed by atoms with E-state index in [4.69, 9.17) is 5.26 Å². The Morgan fingerprint density at radius 1 is 1.38 bits per heavy atom. The van der Waals surface area contributed by atoms with Crippen molar-refractivity contribution in [3.63, 3.8) is 0 Å². The number of rotatable bonds is 4. The van der Waals surface area contributed by atoms with Gasteiger partial charge >= 0.3 is 0 Å². The van der Waals surface area contributed by atoms with Gasteiger partial charge in [0.1, 0.15) is 5.41 Å². The topological polar surface area (TPSA) is 52.9 Å². The lowest BCUT2D eigenvalue weighted by atomic mass is 9.86. The second-order valence-electron chi connectivity index (χ2n) is 5.33. The van der Waals surface area contributed by atoms with Crippen LogP contribution in [-0.4, -0.2) is 12.5 Å². The molecule has 1 aliphatic carbocycles. The summed E-state index contributed by atoms with van der Waals surface area (Å²) in [6.07, 6.45) is 3.46. The van der Waals surface area contributed by atoms with Gasteiger partial charge in [-0.25, -0.2) is 0 Å². The van der Waals surface area contributed by atoms with Crippen LogP contribution < -0.4 is 5.32 Å². The largest absolute Gasteiger partial charge is 0.354 e. The highest BCUT2D eigenvalue weighted by molar-refractivity contribution is 5.85. The fourth-order valence-electron chi connectivity index (χ4n) is 2.03.